The molecule has 7 heteroatoms. The summed E-state index contributed by atoms with van der Waals surface area (Å²) in [6.07, 6.45) is -4.97. The van der Waals surface area contributed by atoms with Crippen LogP contribution in [0.15, 0.2) is 42.5 Å². The molecule has 134 valence electrons. The molecule has 2 aromatic carbocycles. The van der Waals surface area contributed by atoms with Gasteiger partial charge in [-0.25, -0.2) is 4.98 Å². The normalized spacial score (nSPS) is 18.8. The Labute approximate surface area is 147 Å². The molecule has 0 saturated heterocycles. The summed E-state index contributed by atoms with van der Waals surface area (Å²) in [6.45, 7) is 1.67. The molecular formula is C19H15F3N2O2. The van der Waals surface area contributed by atoms with Crippen molar-refractivity contribution in [3.05, 3.63) is 59.2 Å². The van der Waals surface area contributed by atoms with Gasteiger partial charge in [0.1, 0.15) is 0 Å². The number of halogens is 3. The van der Waals surface area contributed by atoms with Crippen LogP contribution in [-0.2, 0) is 5.60 Å². The van der Waals surface area contributed by atoms with Gasteiger partial charge in [-0.15, -0.1) is 0 Å². The fraction of sp³-hybridized carbons (Fsp3) is 0.211. The first-order chi connectivity index (χ1) is 12.3. The number of para-hydroxylation sites is 1. The number of benzene rings is 2. The number of methoxy groups -OCH3 is 1. The van der Waals surface area contributed by atoms with Crippen LogP contribution >= 0.6 is 0 Å². The van der Waals surface area contributed by atoms with E-state index in [-0.39, 0.29) is 22.8 Å². The number of hydrogen-bond acceptors (Lipinski definition) is 4. The van der Waals surface area contributed by atoms with Gasteiger partial charge in [-0.05, 0) is 19.1 Å². The Morgan fingerprint density at radius 1 is 1.15 bits per heavy atom. The maximum absolute atomic E-state index is 14.2. The zero-order chi connectivity index (χ0) is 18.7. The van der Waals surface area contributed by atoms with Gasteiger partial charge in [0.25, 0.3) is 0 Å². The van der Waals surface area contributed by atoms with Crippen molar-refractivity contribution in [2.45, 2.75) is 18.7 Å². The molecule has 0 fully saturated rings. The number of hydrogen-bond donors (Lipinski definition) is 2. The van der Waals surface area contributed by atoms with Crippen molar-refractivity contribution in [2.75, 3.05) is 12.4 Å². The minimum absolute atomic E-state index is 0.142. The van der Waals surface area contributed by atoms with Crippen molar-refractivity contribution in [3.63, 3.8) is 0 Å². The van der Waals surface area contributed by atoms with Crippen molar-refractivity contribution < 1.29 is 23.0 Å². The first-order valence-electron chi connectivity index (χ1n) is 7.92. The Balaban J connectivity index is 2.18. The molecular weight excluding hydrogens is 345 g/mol. The second kappa shape index (κ2) is 5.35. The SMILES string of the molecule is COc1nc2ccccc2c2c1C(O)(C(F)(F)F)c1cc(C)ccc1N2. The topological polar surface area (TPSA) is 54.4 Å². The van der Waals surface area contributed by atoms with Crippen molar-refractivity contribution in [3.8, 4) is 5.88 Å². The largest absolute Gasteiger partial charge is 0.481 e. The van der Waals surface area contributed by atoms with Crippen LogP contribution < -0.4 is 10.1 Å². The Kier molecular flexibility index (Phi) is 3.43. The molecule has 0 bridgehead atoms. The fourth-order valence-electron chi connectivity index (χ4n) is 3.43. The molecule has 4 nitrogen and oxygen atoms in total. The van der Waals surface area contributed by atoms with Crippen LogP contribution in [0.3, 0.4) is 0 Å². The summed E-state index contributed by atoms with van der Waals surface area (Å²) >= 11 is 0. The molecule has 1 aliphatic heterocycles. The highest BCUT2D eigenvalue weighted by molar-refractivity contribution is 5.98. The third-order valence-electron chi connectivity index (χ3n) is 4.65. The second-order valence-corrected chi connectivity index (χ2v) is 6.27. The Hall–Kier alpha value is -2.80. The quantitative estimate of drug-likeness (QED) is 0.675. The van der Waals surface area contributed by atoms with E-state index in [9.17, 15) is 18.3 Å². The number of nitrogens with zero attached hydrogens (tertiary/aromatic N) is 1. The van der Waals surface area contributed by atoms with Gasteiger partial charge < -0.3 is 15.2 Å². The van der Waals surface area contributed by atoms with E-state index in [4.69, 9.17) is 4.74 Å². The molecule has 1 unspecified atom stereocenters. The number of alkyl halides is 3. The number of ether oxygens (including phenoxy) is 1. The highest BCUT2D eigenvalue weighted by Crippen LogP contribution is 2.56. The molecule has 3 aromatic rings. The molecule has 2 N–H and O–H groups in total. The highest BCUT2D eigenvalue weighted by Gasteiger charge is 2.61. The average Bonchev–Trinajstić information content (AvgIpc) is 2.60. The van der Waals surface area contributed by atoms with Crippen LogP contribution in [-0.4, -0.2) is 23.4 Å². The number of aromatic nitrogens is 1. The monoisotopic (exact) mass is 360 g/mol. The zero-order valence-electron chi connectivity index (χ0n) is 14.0. The van der Waals surface area contributed by atoms with Crippen molar-refractivity contribution in [2.24, 2.45) is 0 Å². The lowest BCUT2D eigenvalue weighted by Crippen LogP contribution is -2.46. The van der Waals surface area contributed by atoms with Crippen LogP contribution in [0.1, 0.15) is 16.7 Å². The van der Waals surface area contributed by atoms with E-state index >= 15 is 0 Å². The molecule has 0 radical (unpaired) electrons. The highest BCUT2D eigenvalue weighted by atomic mass is 19.4. The zero-order valence-corrected chi connectivity index (χ0v) is 14.0. The summed E-state index contributed by atoms with van der Waals surface area (Å²) in [5, 5.41) is 14.5. The molecule has 1 atom stereocenters. The number of anilines is 2. The van der Waals surface area contributed by atoms with Gasteiger partial charge >= 0.3 is 6.18 Å². The lowest BCUT2D eigenvalue weighted by Gasteiger charge is -2.39. The van der Waals surface area contributed by atoms with E-state index in [2.05, 4.69) is 10.3 Å². The van der Waals surface area contributed by atoms with E-state index in [0.717, 1.165) is 0 Å². The van der Waals surface area contributed by atoms with E-state index in [1.54, 1.807) is 37.3 Å². The summed E-state index contributed by atoms with van der Waals surface area (Å²) in [4.78, 5) is 4.19. The Morgan fingerprint density at radius 3 is 2.58 bits per heavy atom. The molecule has 2 heterocycles. The minimum atomic E-state index is -4.97. The molecule has 0 spiro atoms. The molecule has 4 rings (SSSR count). The van der Waals surface area contributed by atoms with E-state index in [1.807, 2.05) is 0 Å². The third-order valence-corrected chi connectivity index (χ3v) is 4.65. The first-order valence-corrected chi connectivity index (χ1v) is 7.92. The van der Waals surface area contributed by atoms with E-state index in [0.29, 0.717) is 16.5 Å². The molecule has 1 aliphatic rings. The number of rotatable bonds is 1. The van der Waals surface area contributed by atoms with E-state index < -0.39 is 17.3 Å². The average molecular weight is 360 g/mol. The van der Waals surface area contributed by atoms with Crippen LogP contribution in [0.2, 0.25) is 0 Å². The summed E-state index contributed by atoms with van der Waals surface area (Å²) in [5.41, 5.74) is -2.53. The third kappa shape index (κ3) is 2.10. The molecule has 0 saturated carbocycles. The second-order valence-electron chi connectivity index (χ2n) is 6.27. The summed E-state index contributed by atoms with van der Waals surface area (Å²) in [7, 11) is 1.24. The van der Waals surface area contributed by atoms with Crippen LogP contribution in [0.25, 0.3) is 10.9 Å². The van der Waals surface area contributed by atoms with Gasteiger partial charge in [0, 0.05) is 16.6 Å². The number of fused-ring (bicyclic) bond motifs is 4. The minimum Gasteiger partial charge on any atom is -0.481 e. The van der Waals surface area contributed by atoms with Crippen LogP contribution in [0.5, 0.6) is 5.88 Å². The van der Waals surface area contributed by atoms with Gasteiger partial charge in [-0.2, -0.15) is 13.2 Å². The fourth-order valence-corrected chi connectivity index (χ4v) is 3.43. The van der Waals surface area contributed by atoms with Crippen LogP contribution in [0, 0.1) is 6.92 Å². The van der Waals surface area contributed by atoms with Crippen molar-refractivity contribution in [1.29, 1.82) is 0 Å². The van der Waals surface area contributed by atoms with Crippen LogP contribution in [0.4, 0.5) is 24.5 Å². The summed E-state index contributed by atoms with van der Waals surface area (Å²) in [5.74, 6) is -0.266. The number of nitrogens with one attached hydrogen (secondary N) is 1. The van der Waals surface area contributed by atoms with Gasteiger partial charge in [-0.3, -0.25) is 0 Å². The smallest absolute Gasteiger partial charge is 0.426 e. The predicted molar refractivity (Wildman–Crippen MR) is 91.8 cm³/mol. The van der Waals surface area contributed by atoms with Gasteiger partial charge in [-0.1, -0.05) is 35.9 Å². The van der Waals surface area contributed by atoms with Gasteiger partial charge in [0.2, 0.25) is 11.5 Å². The Bertz CT molecular complexity index is 1030. The van der Waals surface area contributed by atoms with Gasteiger partial charge in [0.05, 0.1) is 23.9 Å². The number of pyridine rings is 1. The van der Waals surface area contributed by atoms with Crippen molar-refractivity contribution in [1.82, 2.24) is 4.98 Å². The maximum atomic E-state index is 14.2. The predicted octanol–water partition coefficient (Wildman–Crippen LogP) is 4.41. The maximum Gasteiger partial charge on any atom is 0.426 e. The van der Waals surface area contributed by atoms with E-state index in [1.165, 1.54) is 19.2 Å². The number of aliphatic hydroxyl groups is 1. The molecule has 1 aromatic heterocycles. The molecule has 0 amide bonds. The van der Waals surface area contributed by atoms with Gasteiger partial charge in [0.15, 0.2) is 0 Å². The number of aryl methyl sites for hydroxylation is 1. The summed E-state index contributed by atoms with van der Waals surface area (Å²) < 4.78 is 47.7. The Morgan fingerprint density at radius 2 is 1.88 bits per heavy atom. The lowest BCUT2D eigenvalue weighted by molar-refractivity contribution is -0.248. The molecule has 0 aliphatic carbocycles. The standard InChI is InChI=1S/C19H15F3N2O2/c1-10-7-8-14-12(9-10)18(25,19(20,21)22)15-16(23-14)11-5-3-4-6-13(11)24-17(15)26-2/h3-9,23,25H,1-2H3. The lowest BCUT2D eigenvalue weighted by atomic mass is 9.80. The first kappa shape index (κ1) is 16.7. The molecule has 26 heavy (non-hydrogen) atoms. The van der Waals surface area contributed by atoms with Crippen molar-refractivity contribution >= 4 is 22.3 Å². The summed E-state index contributed by atoms with van der Waals surface area (Å²) in [6, 6.07) is 11.3.